The van der Waals surface area contributed by atoms with Crippen molar-refractivity contribution in [1.29, 1.82) is 0 Å². The van der Waals surface area contributed by atoms with E-state index in [2.05, 4.69) is 22.1 Å². The van der Waals surface area contributed by atoms with Crippen molar-refractivity contribution in [2.75, 3.05) is 0 Å². The third-order valence-corrected chi connectivity index (χ3v) is 2.77. The largest absolute Gasteiger partial charge is 0.438 e. The van der Waals surface area contributed by atoms with Crippen molar-refractivity contribution >= 4 is 11.2 Å². The predicted molar refractivity (Wildman–Crippen MR) is 68.9 cm³/mol. The van der Waals surface area contributed by atoms with Crippen LogP contribution in [-0.4, -0.2) is 9.97 Å². The standard InChI is InChI=1S/C14H13N3O/c15-8-13-17-14-12(18-13)7-11(9-16-14)6-10-4-2-1-3-5-10/h1-5,7,9H,6,8,15H2. The third kappa shape index (κ3) is 2.10. The minimum atomic E-state index is 0.296. The minimum Gasteiger partial charge on any atom is -0.438 e. The highest BCUT2D eigenvalue weighted by molar-refractivity contribution is 5.68. The SMILES string of the molecule is NCc1nc2ncc(Cc3ccccc3)cc2o1. The van der Waals surface area contributed by atoms with Gasteiger partial charge in [-0.05, 0) is 23.6 Å². The van der Waals surface area contributed by atoms with Gasteiger partial charge in [0, 0.05) is 6.20 Å². The average Bonchev–Trinajstić information content (AvgIpc) is 2.82. The topological polar surface area (TPSA) is 64.9 Å². The summed E-state index contributed by atoms with van der Waals surface area (Å²) in [7, 11) is 0. The molecule has 4 heteroatoms. The molecule has 0 fully saturated rings. The zero-order valence-electron chi connectivity index (χ0n) is 9.84. The predicted octanol–water partition coefficient (Wildman–Crippen LogP) is 2.27. The summed E-state index contributed by atoms with van der Waals surface area (Å²) in [5.41, 5.74) is 9.16. The number of aromatic nitrogens is 2. The van der Waals surface area contributed by atoms with E-state index < -0.39 is 0 Å². The van der Waals surface area contributed by atoms with Crippen LogP contribution in [0.2, 0.25) is 0 Å². The smallest absolute Gasteiger partial charge is 0.210 e. The Balaban J connectivity index is 1.93. The molecule has 3 rings (SSSR count). The molecule has 2 aromatic heterocycles. The van der Waals surface area contributed by atoms with Gasteiger partial charge in [0.1, 0.15) is 0 Å². The summed E-state index contributed by atoms with van der Waals surface area (Å²) in [5, 5.41) is 0. The normalized spacial score (nSPS) is 10.9. The summed E-state index contributed by atoms with van der Waals surface area (Å²) >= 11 is 0. The lowest BCUT2D eigenvalue weighted by atomic mass is 10.1. The van der Waals surface area contributed by atoms with Crippen LogP contribution in [0.5, 0.6) is 0 Å². The molecule has 3 aromatic rings. The van der Waals surface area contributed by atoms with E-state index in [4.69, 9.17) is 10.2 Å². The minimum absolute atomic E-state index is 0.296. The fourth-order valence-corrected chi connectivity index (χ4v) is 1.92. The maximum atomic E-state index is 5.50. The quantitative estimate of drug-likeness (QED) is 0.761. The molecule has 0 unspecified atom stereocenters. The lowest BCUT2D eigenvalue weighted by molar-refractivity contribution is 0.533. The highest BCUT2D eigenvalue weighted by Gasteiger charge is 2.06. The fraction of sp³-hybridized carbons (Fsp3) is 0.143. The molecule has 2 heterocycles. The van der Waals surface area contributed by atoms with E-state index in [0.29, 0.717) is 23.7 Å². The molecule has 90 valence electrons. The molecular weight excluding hydrogens is 226 g/mol. The Morgan fingerprint density at radius 2 is 1.94 bits per heavy atom. The third-order valence-electron chi connectivity index (χ3n) is 2.77. The van der Waals surface area contributed by atoms with Crippen molar-refractivity contribution < 1.29 is 4.42 Å². The Labute approximate surface area is 104 Å². The second-order valence-corrected chi connectivity index (χ2v) is 4.14. The van der Waals surface area contributed by atoms with E-state index in [0.717, 1.165) is 12.0 Å². The van der Waals surface area contributed by atoms with Crippen LogP contribution in [-0.2, 0) is 13.0 Å². The van der Waals surface area contributed by atoms with Gasteiger partial charge in [-0.15, -0.1) is 0 Å². The Bertz CT molecular complexity index is 661. The molecule has 0 spiro atoms. The number of hydrogen-bond donors (Lipinski definition) is 1. The van der Waals surface area contributed by atoms with Gasteiger partial charge >= 0.3 is 0 Å². The summed E-state index contributed by atoms with van der Waals surface area (Å²) in [6.07, 6.45) is 2.67. The molecule has 4 nitrogen and oxygen atoms in total. The van der Waals surface area contributed by atoms with E-state index in [9.17, 15) is 0 Å². The van der Waals surface area contributed by atoms with Gasteiger partial charge in [-0.25, -0.2) is 4.98 Å². The molecule has 0 bridgehead atoms. The highest BCUT2D eigenvalue weighted by atomic mass is 16.3. The molecule has 0 radical (unpaired) electrons. The van der Waals surface area contributed by atoms with Crippen LogP contribution < -0.4 is 5.73 Å². The Kier molecular flexibility index (Phi) is 2.78. The van der Waals surface area contributed by atoms with Gasteiger partial charge in [-0.1, -0.05) is 30.3 Å². The molecule has 1 aromatic carbocycles. The summed E-state index contributed by atoms with van der Waals surface area (Å²) < 4.78 is 5.50. The molecule has 0 aliphatic rings. The van der Waals surface area contributed by atoms with E-state index in [1.165, 1.54) is 5.56 Å². The summed E-state index contributed by atoms with van der Waals surface area (Å²) in [4.78, 5) is 8.46. The fourth-order valence-electron chi connectivity index (χ4n) is 1.92. The van der Waals surface area contributed by atoms with Crippen molar-refractivity contribution in [3.05, 3.63) is 59.6 Å². The number of rotatable bonds is 3. The Morgan fingerprint density at radius 1 is 1.11 bits per heavy atom. The Morgan fingerprint density at radius 3 is 2.72 bits per heavy atom. The molecule has 0 amide bonds. The average molecular weight is 239 g/mol. The van der Waals surface area contributed by atoms with Crippen molar-refractivity contribution in [3.8, 4) is 0 Å². The number of pyridine rings is 1. The van der Waals surface area contributed by atoms with Crippen LogP contribution in [0.1, 0.15) is 17.0 Å². The van der Waals surface area contributed by atoms with Gasteiger partial charge in [-0.3, -0.25) is 0 Å². The molecule has 0 saturated heterocycles. The number of hydrogen-bond acceptors (Lipinski definition) is 4. The first kappa shape index (κ1) is 10.9. The van der Waals surface area contributed by atoms with Gasteiger partial charge in [0.2, 0.25) is 5.89 Å². The first-order valence-corrected chi connectivity index (χ1v) is 5.83. The number of benzene rings is 1. The first-order valence-electron chi connectivity index (χ1n) is 5.83. The van der Waals surface area contributed by atoms with Crippen molar-refractivity contribution in [1.82, 2.24) is 9.97 Å². The van der Waals surface area contributed by atoms with Gasteiger partial charge in [0.15, 0.2) is 11.2 Å². The highest BCUT2D eigenvalue weighted by Crippen LogP contribution is 2.16. The van der Waals surface area contributed by atoms with Gasteiger partial charge in [-0.2, -0.15) is 4.98 Å². The van der Waals surface area contributed by atoms with Gasteiger partial charge in [0.05, 0.1) is 6.54 Å². The Hall–Kier alpha value is -2.20. The second-order valence-electron chi connectivity index (χ2n) is 4.14. The lowest BCUT2D eigenvalue weighted by Gasteiger charge is -2.00. The number of nitrogens with zero attached hydrogens (tertiary/aromatic N) is 2. The first-order chi connectivity index (χ1) is 8.85. The summed E-state index contributed by atoms with van der Waals surface area (Å²) in [6, 6.07) is 12.2. The van der Waals surface area contributed by atoms with Gasteiger partial charge < -0.3 is 10.2 Å². The number of nitrogens with two attached hydrogens (primary N) is 1. The van der Waals surface area contributed by atoms with E-state index >= 15 is 0 Å². The molecule has 18 heavy (non-hydrogen) atoms. The maximum Gasteiger partial charge on any atom is 0.210 e. The zero-order chi connectivity index (χ0) is 12.4. The van der Waals surface area contributed by atoms with E-state index in [-0.39, 0.29) is 0 Å². The van der Waals surface area contributed by atoms with E-state index in [1.54, 1.807) is 0 Å². The van der Waals surface area contributed by atoms with E-state index in [1.807, 2.05) is 30.5 Å². The molecule has 0 atom stereocenters. The van der Waals surface area contributed by atoms with Crippen molar-refractivity contribution in [3.63, 3.8) is 0 Å². The zero-order valence-corrected chi connectivity index (χ0v) is 9.84. The van der Waals surface area contributed by atoms with Crippen LogP contribution in [0.15, 0.2) is 47.0 Å². The van der Waals surface area contributed by atoms with Gasteiger partial charge in [0.25, 0.3) is 0 Å². The molecule has 0 saturated carbocycles. The van der Waals surface area contributed by atoms with Crippen molar-refractivity contribution in [2.45, 2.75) is 13.0 Å². The molecule has 2 N–H and O–H groups in total. The van der Waals surface area contributed by atoms with Crippen molar-refractivity contribution in [2.24, 2.45) is 5.73 Å². The number of fused-ring (bicyclic) bond motifs is 1. The molecule has 0 aliphatic heterocycles. The van der Waals surface area contributed by atoms with Crippen LogP contribution in [0.3, 0.4) is 0 Å². The van der Waals surface area contributed by atoms with Crippen LogP contribution >= 0.6 is 0 Å². The van der Waals surface area contributed by atoms with Crippen LogP contribution in [0.25, 0.3) is 11.2 Å². The van der Waals surface area contributed by atoms with Crippen LogP contribution in [0.4, 0.5) is 0 Å². The summed E-state index contributed by atoms with van der Waals surface area (Å²) in [6.45, 7) is 0.296. The monoisotopic (exact) mass is 239 g/mol. The lowest BCUT2D eigenvalue weighted by Crippen LogP contribution is -1.95. The number of oxazole rings is 1. The molecule has 0 aliphatic carbocycles. The van der Waals surface area contributed by atoms with Crippen LogP contribution in [0, 0.1) is 0 Å². The maximum absolute atomic E-state index is 5.50. The molecular formula is C14H13N3O. The summed E-state index contributed by atoms with van der Waals surface area (Å²) in [5.74, 6) is 0.523. The second kappa shape index (κ2) is 4.58.